The number of rotatable bonds is 3. The molecule has 0 unspecified atom stereocenters. The number of pyridine rings is 1. The first-order valence-corrected chi connectivity index (χ1v) is 11.0. The lowest BCUT2D eigenvalue weighted by atomic mass is 9.90. The van der Waals surface area contributed by atoms with Crippen molar-refractivity contribution < 1.29 is 26.3 Å². The lowest BCUT2D eigenvalue weighted by Gasteiger charge is -2.19. The molecule has 1 heterocycles. The van der Waals surface area contributed by atoms with Crippen LogP contribution in [0.2, 0.25) is 0 Å². The summed E-state index contributed by atoms with van der Waals surface area (Å²) in [4.78, 5) is 4.73. The van der Waals surface area contributed by atoms with Crippen molar-refractivity contribution in [2.24, 2.45) is 0 Å². The van der Waals surface area contributed by atoms with Crippen LogP contribution in [0.3, 0.4) is 0 Å². The zero-order valence-electron chi connectivity index (χ0n) is 18.5. The number of hydrogen-bond acceptors (Lipinski definition) is 1. The number of fused-ring (bicyclic) bond motifs is 1. The number of aromatic nitrogens is 1. The quantitative estimate of drug-likeness (QED) is 0.228. The van der Waals surface area contributed by atoms with Gasteiger partial charge >= 0.3 is 12.4 Å². The monoisotopic (exact) mass is 493 g/mol. The summed E-state index contributed by atoms with van der Waals surface area (Å²) in [6, 6.07) is 25.9. The van der Waals surface area contributed by atoms with Gasteiger partial charge in [-0.05, 0) is 35.2 Å². The molecule has 0 fully saturated rings. The molecule has 0 atom stereocenters. The highest BCUT2D eigenvalue weighted by Crippen LogP contribution is 2.43. The average Bonchev–Trinajstić information content (AvgIpc) is 2.87. The third-order valence-electron chi connectivity index (χ3n) is 5.90. The Labute approximate surface area is 202 Å². The Morgan fingerprint density at radius 2 is 1.00 bits per heavy atom. The van der Waals surface area contributed by atoms with Gasteiger partial charge in [-0.2, -0.15) is 26.3 Å². The van der Waals surface area contributed by atoms with Gasteiger partial charge in [-0.25, -0.2) is 4.98 Å². The molecule has 0 saturated carbocycles. The highest BCUT2D eigenvalue weighted by Gasteiger charge is 2.33. The topological polar surface area (TPSA) is 12.9 Å². The van der Waals surface area contributed by atoms with E-state index in [1.165, 1.54) is 18.2 Å². The molecule has 5 rings (SSSR count). The van der Waals surface area contributed by atoms with Crippen molar-refractivity contribution in [3.05, 3.63) is 114 Å². The molecule has 0 aliphatic rings. The average molecular weight is 493 g/mol. The number of benzene rings is 4. The highest BCUT2D eigenvalue weighted by atomic mass is 19.4. The Hall–Kier alpha value is -4.13. The maximum absolute atomic E-state index is 13.7. The summed E-state index contributed by atoms with van der Waals surface area (Å²) in [7, 11) is 0. The molecule has 36 heavy (non-hydrogen) atoms. The summed E-state index contributed by atoms with van der Waals surface area (Å²) in [6.07, 6.45) is -9.25. The summed E-state index contributed by atoms with van der Waals surface area (Å²) >= 11 is 0. The van der Waals surface area contributed by atoms with Crippen molar-refractivity contribution in [1.29, 1.82) is 0 Å². The minimum Gasteiger partial charge on any atom is -0.246 e. The lowest BCUT2D eigenvalue weighted by Crippen LogP contribution is -2.06. The van der Waals surface area contributed by atoms with E-state index in [4.69, 9.17) is 4.98 Å². The molecule has 0 amide bonds. The number of nitrogens with zero attached hydrogens (tertiary/aromatic N) is 1. The van der Waals surface area contributed by atoms with E-state index < -0.39 is 23.5 Å². The molecule has 7 heteroatoms. The molecule has 180 valence electrons. The third kappa shape index (κ3) is 4.44. The molecular formula is C29H17F6N. The first-order valence-electron chi connectivity index (χ1n) is 11.0. The van der Waals surface area contributed by atoms with Crippen molar-refractivity contribution >= 4 is 10.8 Å². The van der Waals surface area contributed by atoms with Crippen molar-refractivity contribution in [3.8, 4) is 33.6 Å². The Morgan fingerprint density at radius 1 is 0.444 bits per heavy atom. The van der Waals surface area contributed by atoms with Crippen LogP contribution >= 0.6 is 0 Å². The maximum atomic E-state index is 13.7. The summed E-state index contributed by atoms with van der Waals surface area (Å²) in [5.74, 6) is 0. The second-order valence-electron chi connectivity index (χ2n) is 8.25. The lowest BCUT2D eigenvalue weighted by molar-refractivity contribution is -0.138. The molecule has 0 aliphatic carbocycles. The van der Waals surface area contributed by atoms with Gasteiger partial charge < -0.3 is 0 Å². The van der Waals surface area contributed by atoms with Crippen molar-refractivity contribution in [2.45, 2.75) is 12.4 Å². The van der Waals surface area contributed by atoms with Crippen LogP contribution in [0.5, 0.6) is 0 Å². The summed E-state index contributed by atoms with van der Waals surface area (Å²) in [5.41, 5.74) is 0.775. The van der Waals surface area contributed by atoms with Crippen LogP contribution in [-0.2, 0) is 12.4 Å². The molecule has 1 aromatic heterocycles. The van der Waals surface area contributed by atoms with Crippen LogP contribution in [0, 0.1) is 0 Å². The van der Waals surface area contributed by atoms with Gasteiger partial charge in [-0.1, -0.05) is 78.9 Å². The molecule has 0 aliphatic heterocycles. The summed E-state index contributed by atoms with van der Waals surface area (Å²) in [6.45, 7) is 0. The van der Waals surface area contributed by atoms with Crippen LogP contribution in [-0.4, -0.2) is 4.98 Å². The van der Waals surface area contributed by atoms with E-state index in [1.54, 1.807) is 36.4 Å². The van der Waals surface area contributed by atoms with Gasteiger partial charge in [0.1, 0.15) is 0 Å². The molecule has 0 saturated heterocycles. The zero-order valence-corrected chi connectivity index (χ0v) is 18.5. The molecule has 0 bridgehead atoms. The van der Waals surface area contributed by atoms with Gasteiger partial charge in [0.05, 0.1) is 22.5 Å². The van der Waals surface area contributed by atoms with Crippen LogP contribution < -0.4 is 0 Å². The first kappa shape index (κ1) is 23.6. The van der Waals surface area contributed by atoms with Gasteiger partial charge in [0.25, 0.3) is 0 Å². The first-order chi connectivity index (χ1) is 17.1. The predicted molar refractivity (Wildman–Crippen MR) is 128 cm³/mol. The van der Waals surface area contributed by atoms with E-state index in [1.807, 2.05) is 24.3 Å². The number of hydrogen-bond donors (Lipinski definition) is 0. The van der Waals surface area contributed by atoms with E-state index in [-0.39, 0.29) is 16.6 Å². The van der Waals surface area contributed by atoms with Crippen LogP contribution in [0.15, 0.2) is 103 Å². The van der Waals surface area contributed by atoms with Crippen molar-refractivity contribution in [2.75, 3.05) is 0 Å². The molecule has 4 aromatic carbocycles. The highest BCUT2D eigenvalue weighted by molar-refractivity contribution is 6.08. The second kappa shape index (κ2) is 8.82. The standard InChI is InChI=1S/C29H17F6N/c30-28(31,32)21-13-7-12-20(16-21)26-24-17-22(29(33,34)35)14-15-23(24)25(18-8-3-1-4-9-18)27(36-26)19-10-5-2-6-11-19/h1-17H. The molecule has 0 radical (unpaired) electrons. The Bertz CT molecular complexity index is 1540. The molecular weight excluding hydrogens is 476 g/mol. The van der Waals surface area contributed by atoms with E-state index in [9.17, 15) is 26.3 Å². The minimum atomic E-state index is -4.63. The fraction of sp³-hybridized carbons (Fsp3) is 0.0690. The van der Waals surface area contributed by atoms with Gasteiger partial charge in [-0.15, -0.1) is 0 Å². The normalized spacial score (nSPS) is 12.2. The van der Waals surface area contributed by atoms with Crippen LogP contribution in [0.4, 0.5) is 26.3 Å². The molecule has 1 nitrogen and oxygen atoms in total. The molecule has 0 N–H and O–H groups in total. The van der Waals surface area contributed by atoms with Crippen molar-refractivity contribution in [3.63, 3.8) is 0 Å². The molecule has 5 aromatic rings. The maximum Gasteiger partial charge on any atom is 0.416 e. The second-order valence-corrected chi connectivity index (χ2v) is 8.25. The van der Waals surface area contributed by atoms with Gasteiger partial charge in [0.2, 0.25) is 0 Å². The van der Waals surface area contributed by atoms with Crippen LogP contribution in [0.1, 0.15) is 11.1 Å². The Kier molecular flexibility index (Phi) is 5.79. The van der Waals surface area contributed by atoms with Gasteiger partial charge in [0, 0.05) is 22.1 Å². The third-order valence-corrected chi connectivity index (χ3v) is 5.90. The SMILES string of the molecule is FC(F)(F)c1cccc(-c2nc(-c3ccccc3)c(-c3ccccc3)c3ccc(C(F)(F)F)cc23)c1. The van der Waals surface area contributed by atoms with E-state index in [0.717, 1.165) is 29.8 Å². The fourth-order valence-electron chi connectivity index (χ4n) is 4.25. The Morgan fingerprint density at radius 3 is 1.61 bits per heavy atom. The number of alkyl halides is 6. The van der Waals surface area contributed by atoms with Crippen LogP contribution in [0.25, 0.3) is 44.4 Å². The van der Waals surface area contributed by atoms with E-state index in [2.05, 4.69) is 0 Å². The largest absolute Gasteiger partial charge is 0.416 e. The van der Waals surface area contributed by atoms with E-state index >= 15 is 0 Å². The van der Waals surface area contributed by atoms with Crippen molar-refractivity contribution in [1.82, 2.24) is 4.98 Å². The van der Waals surface area contributed by atoms with Gasteiger partial charge in [-0.3, -0.25) is 0 Å². The zero-order chi connectivity index (χ0) is 25.5. The smallest absolute Gasteiger partial charge is 0.246 e. The minimum absolute atomic E-state index is 0.0423. The fourth-order valence-corrected chi connectivity index (χ4v) is 4.25. The van der Waals surface area contributed by atoms with E-state index in [0.29, 0.717) is 22.2 Å². The predicted octanol–water partition coefficient (Wildman–Crippen LogP) is 9.27. The van der Waals surface area contributed by atoms with Gasteiger partial charge in [0.15, 0.2) is 0 Å². The summed E-state index contributed by atoms with van der Waals surface area (Å²) in [5, 5.41) is 0.568. The summed E-state index contributed by atoms with van der Waals surface area (Å²) < 4.78 is 81.4. The Balaban J connectivity index is 1.93. The number of halogens is 6. The molecule has 0 spiro atoms.